The summed E-state index contributed by atoms with van der Waals surface area (Å²) in [5.41, 5.74) is 21.8. The maximum atomic E-state index is 13.1. The van der Waals surface area contributed by atoms with Crippen LogP contribution in [0, 0.1) is 0 Å². The second-order valence-corrected chi connectivity index (χ2v) is 7.31. The lowest BCUT2D eigenvalue weighted by Gasteiger charge is -2.39. The number of hydrogen-bond donors (Lipinski definition) is 6. The molecule has 2 unspecified atom stereocenters. The number of aliphatic carboxylic acids is 1. The molecule has 10 heteroatoms. The van der Waals surface area contributed by atoms with Gasteiger partial charge in [-0.1, -0.05) is 31.9 Å². The standard InChI is InChI=1S/C20H34N6O4/c1-2-3-4-12-26(20(24,18(29)30)10-5-11-25-19(22)23)17(28)16(21)13-14-6-8-15(27)9-7-14/h6-9,16,27H,2-5,10-13,21,24H2,1H3,(H,29,30)(H4,22,23,25). The van der Waals surface area contributed by atoms with E-state index < -0.39 is 23.6 Å². The summed E-state index contributed by atoms with van der Waals surface area (Å²) in [6.07, 6.45) is 2.77. The van der Waals surface area contributed by atoms with Gasteiger partial charge in [0.15, 0.2) is 11.6 Å². The van der Waals surface area contributed by atoms with Crippen LogP contribution in [0.5, 0.6) is 5.75 Å². The Morgan fingerprint density at radius 3 is 2.33 bits per heavy atom. The number of carboxylic acids is 1. The quantitative estimate of drug-likeness (QED) is 0.111. The average Bonchev–Trinajstić information content (AvgIpc) is 2.69. The second-order valence-electron chi connectivity index (χ2n) is 7.31. The monoisotopic (exact) mass is 422 g/mol. The van der Waals surface area contributed by atoms with Gasteiger partial charge in [0.25, 0.3) is 0 Å². The number of rotatable bonds is 13. The maximum absolute atomic E-state index is 13.1. The first-order valence-corrected chi connectivity index (χ1v) is 10.0. The molecule has 10 nitrogen and oxygen atoms in total. The Morgan fingerprint density at radius 2 is 1.80 bits per heavy atom. The number of nitrogens with zero attached hydrogens (tertiary/aromatic N) is 2. The highest BCUT2D eigenvalue weighted by Crippen LogP contribution is 2.20. The molecule has 30 heavy (non-hydrogen) atoms. The number of carboxylic acid groups (broad SMARTS) is 1. The van der Waals surface area contributed by atoms with E-state index in [1.54, 1.807) is 12.1 Å². The lowest BCUT2D eigenvalue weighted by Crippen LogP contribution is -2.66. The number of phenols is 1. The topological polar surface area (TPSA) is 194 Å². The minimum Gasteiger partial charge on any atom is -0.508 e. The minimum atomic E-state index is -1.92. The lowest BCUT2D eigenvalue weighted by molar-refractivity contribution is -0.160. The largest absolute Gasteiger partial charge is 0.508 e. The van der Waals surface area contributed by atoms with E-state index in [9.17, 15) is 19.8 Å². The molecule has 0 aromatic heterocycles. The zero-order valence-electron chi connectivity index (χ0n) is 17.5. The molecule has 0 aliphatic carbocycles. The summed E-state index contributed by atoms with van der Waals surface area (Å²) < 4.78 is 0. The molecule has 1 rings (SSSR count). The first-order chi connectivity index (χ1) is 14.1. The highest BCUT2D eigenvalue weighted by atomic mass is 16.4. The molecule has 1 aromatic carbocycles. The van der Waals surface area contributed by atoms with E-state index in [1.165, 1.54) is 17.0 Å². The highest BCUT2D eigenvalue weighted by Gasteiger charge is 2.43. The summed E-state index contributed by atoms with van der Waals surface area (Å²) in [5, 5.41) is 19.2. The van der Waals surface area contributed by atoms with Gasteiger partial charge in [0, 0.05) is 13.1 Å². The highest BCUT2D eigenvalue weighted by molar-refractivity contribution is 5.89. The lowest BCUT2D eigenvalue weighted by atomic mass is 9.98. The molecule has 2 atom stereocenters. The summed E-state index contributed by atoms with van der Waals surface area (Å²) >= 11 is 0. The van der Waals surface area contributed by atoms with E-state index in [2.05, 4.69) is 4.99 Å². The Morgan fingerprint density at radius 1 is 1.17 bits per heavy atom. The van der Waals surface area contributed by atoms with Crippen LogP contribution in [0.2, 0.25) is 0 Å². The molecule has 10 N–H and O–H groups in total. The molecule has 0 heterocycles. The molecule has 0 saturated heterocycles. The van der Waals surface area contributed by atoms with Crippen LogP contribution in [0.3, 0.4) is 0 Å². The summed E-state index contributed by atoms with van der Waals surface area (Å²) in [6, 6.07) is 5.34. The third-order valence-corrected chi connectivity index (χ3v) is 4.82. The minimum absolute atomic E-state index is 0.0249. The van der Waals surface area contributed by atoms with Gasteiger partial charge in [-0.05, 0) is 43.4 Å². The third kappa shape index (κ3) is 7.53. The Balaban J connectivity index is 3.03. The normalized spacial score (nSPS) is 13.8. The number of aliphatic imine (C=N–C) groups is 1. The van der Waals surface area contributed by atoms with Crippen molar-refractivity contribution < 1.29 is 19.8 Å². The molecular formula is C20H34N6O4. The van der Waals surface area contributed by atoms with Crippen LogP contribution in [0.1, 0.15) is 44.6 Å². The molecule has 0 aliphatic heterocycles. The van der Waals surface area contributed by atoms with Gasteiger partial charge in [-0.15, -0.1) is 0 Å². The fraction of sp³-hybridized carbons (Fsp3) is 0.550. The van der Waals surface area contributed by atoms with Crippen molar-refractivity contribution in [2.75, 3.05) is 13.1 Å². The summed E-state index contributed by atoms with van der Waals surface area (Å²) in [6.45, 7) is 2.39. The van der Waals surface area contributed by atoms with Crippen LogP contribution in [0.15, 0.2) is 29.3 Å². The van der Waals surface area contributed by atoms with Gasteiger partial charge >= 0.3 is 5.97 Å². The Bertz CT molecular complexity index is 721. The SMILES string of the molecule is CCCCCN(C(=O)C(N)Cc1ccc(O)cc1)C(N)(CCCN=C(N)N)C(=O)O. The van der Waals surface area contributed by atoms with Crippen molar-refractivity contribution in [1.82, 2.24) is 4.90 Å². The van der Waals surface area contributed by atoms with Gasteiger partial charge < -0.3 is 32.3 Å². The molecule has 0 aliphatic rings. The molecule has 0 spiro atoms. The van der Waals surface area contributed by atoms with Gasteiger partial charge in [0.2, 0.25) is 5.91 Å². The number of guanidine groups is 1. The van der Waals surface area contributed by atoms with Crippen molar-refractivity contribution in [2.45, 2.75) is 57.2 Å². The third-order valence-electron chi connectivity index (χ3n) is 4.82. The van der Waals surface area contributed by atoms with Crippen molar-refractivity contribution in [3.8, 4) is 5.75 Å². The van der Waals surface area contributed by atoms with Crippen LogP contribution in [0.25, 0.3) is 0 Å². The van der Waals surface area contributed by atoms with Gasteiger partial charge in [0.1, 0.15) is 5.75 Å². The number of phenolic OH excluding ortho intramolecular Hbond substituents is 1. The average molecular weight is 423 g/mol. The number of nitrogens with two attached hydrogens (primary N) is 4. The number of amides is 1. The van der Waals surface area contributed by atoms with E-state index in [0.29, 0.717) is 6.42 Å². The van der Waals surface area contributed by atoms with E-state index in [1.807, 2.05) is 6.92 Å². The van der Waals surface area contributed by atoms with E-state index in [4.69, 9.17) is 22.9 Å². The van der Waals surface area contributed by atoms with Crippen molar-refractivity contribution in [3.63, 3.8) is 0 Å². The number of hydrogen-bond acceptors (Lipinski definition) is 6. The molecule has 1 aromatic rings. The zero-order chi connectivity index (χ0) is 22.7. The van der Waals surface area contributed by atoms with Gasteiger partial charge in [-0.3, -0.25) is 15.5 Å². The van der Waals surface area contributed by atoms with E-state index in [0.717, 1.165) is 18.4 Å². The number of aromatic hydroxyl groups is 1. The van der Waals surface area contributed by atoms with Crippen molar-refractivity contribution in [2.24, 2.45) is 27.9 Å². The molecule has 0 radical (unpaired) electrons. The number of benzene rings is 1. The molecule has 168 valence electrons. The van der Waals surface area contributed by atoms with Crippen LogP contribution in [0.4, 0.5) is 0 Å². The number of carbonyl (C=O) groups is 2. The summed E-state index contributed by atoms with van der Waals surface area (Å²) in [7, 11) is 0. The van der Waals surface area contributed by atoms with Crippen molar-refractivity contribution >= 4 is 17.8 Å². The molecule has 0 fully saturated rings. The smallest absolute Gasteiger partial charge is 0.344 e. The van der Waals surface area contributed by atoms with Crippen LogP contribution >= 0.6 is 0 Å². The van der Waals surface area contributed by atoms with Crippen molar-refractivity contribution in [1.29, 1.82) is 0 Å². The summed E-state index contributed by atoms with van der Waals surface area (Å²) in [4.78, 5) is 30.2. The number of unbranched alkanes of at least 4 members (excludes halogenated alkanes) is 2. The Kier molecular flexibility index (Phi) is 10.1. The molecule has 1 amide bonds. The zero-order valence-corrected chi connectivity index (χ0v) is 17.5. The second kappa shape index (κ2) is 12.0. The first kappa shape index (κ1) is 25.2. The fourth-order valence-corrected chi connectivity index (χ4v) is 3.11. The van der Waals surface area contributed by atoms with Crippen LogP contribution in [-0.2, 0) is 16.0 Å². The Hall–Kier alpha value is -2.85. The number of carbonyl (C=O) groups excluding carboxylic acids is 1. The van der Waals surface area contributed by atoms with Gasteiger partial charge in [0.05, 0.1) is 6.04 Å². The predicted molar refractivity (Wildman–Crippen MR) is 115 cm³/mol. The van der Waals surface area contributed by atoms with Gasteiger partial charge in [-0.2, -0.15) is 0 Å². The van der Waals surface area contributed by atoms with E-state index in [-0.39, 0.29) is 44.1 Å². The van der Waals surface area contributed by atoms with Crippen LogP contribution in [-0.4, -0.2) is 57.7 Å². The first-order valence-electron chi connectivity index (χ1n) is 10.0. The molecule has 0 saturated carbocycles. The predicted octanol–water partition coefficient (Wildman–Crippen LogP) is 0.0740. The summed E-state index contributed by atoms with van der Waals surface area (Å²) in [5.74, 6) is -1.84. The van der Waals surface area contributed by atoms with Gasteiger partial charge in [-0.25, -0.2) is 4.79 Å². The molecule has 0 bridgehead atoms. The molecular weight excluding hydrogens is 388 g/mol. The van der Waals surface area contributed by atoms with Crippen molar-refractivity contribution in [3.05, 3.63) is 29.8 Å². The Labute approximate surface area is 176 Å². The maximum Gasteiger partial charge on any atom is 0.344 e. The fourth-order valence-electron chi connectivity index (χ4n) is 3.11. The van der Waals surface area contributed by atoms with E-state index >= 15 is 0 Å². The van der Waals surface area contributed by atoms with Crippen LogP contribution < -0.4 is 22.9 Å².